The number of alkyl halides is 3. The van der Waals surface area contributed by atoms with Gasteiger partial charge < -0.3 is 14.9 Å². The van der Waals surface area contributed by atoms with Crippen LogP contribution in [0.25, 0.3) is 0 Å². The number of hydrogen-bond acceptors (Lipinski definition) is 6. The summed E-state index contributed by atoms with van der Waals surface area (Å²) in [5.74, 6) is -1.85. The molecule has 158 valence electrons. The summed E-state index contributed by atoms with van der Waals surface area (Å²) >= 11 is 1.61. The Balaban J connectivity index is 0.000000370. The van der Waals surface area contributed by atoms with Crippen LogP contribution in [0.5, 0.6) is 0 Å². The van der Waals surface area contributed by atoms with Gasteiger partial charge in [0.05, 0.1) is 4.88 Å². The lowest BCUT2D eigenvalue weighted by atomic mass is 10.3. The van der Waals surface area contributed by atoms with Crippen molar-refractivity contribution in [3.63, 3.8) is 0 Å². The Kier molecular flexibility index (Phi) is 7.94. The number of aromatic nitrogens is 2. The first kappa shape index (κ1) is 22.6. The summed E-state index contributed by atoms with van der Waals surface area (Å²) in [7, 11) is 0. The molecule has 0 atom stereocenters. The van der Waals surface area contributed by atoms with Crippen LogP contribution in [0.4, 0.5) is 19.1 Å². The van der Waals surface area contributed by atoms with E-state index in [-0.39, 0.29) is 5.91 Å². The standard InChI is InChI=1S/C16H20N4OS.C2HF3O2/c1-2-13-5-6-14(22-13)15(21)19-9-4-10-20(12-11-19)16-17-7-3-8-18-16;3-2(4,5)1(6)7/h3,5-8H,2,4,9-12H2,1H3;(H,6,7). The first-order chi connectivity index (χ1) is 13.7. The van der Waals surface area contributed by atoms with Gasteiger partial charge in [0.1, 0.15) is 0 Å². The minimum absolute atomic E-state index is 0.153. The molecule has 2 aromatic heterocycles. The number of aryl methyl sites for hydroxylation is 1. The van der Waals surface area contributed by atoms with Gasteiger partial charge in [-0.2, -0.15) is 13.2 Å². The number of carbonyl (C=O) groups excluding carboxylic acids is 1. The van der Waals surface area contributed by atoms with Gasteiger partial charge in [-0.25, -0.2) is 14.8 Å². The van der Waals surface area contributed by atoms with E-state index < -0.39 is 12.1 Å². The molecule has 3 rings (SSSR count). The number of rotatable bonds is 3. The Bertz CT molecular complexity index is 814. The summed E-state index contributed by atoms with van der Waals surface area (Å²) in [6, 6.07) is 5.83. The highest BCUT2D eigenvalue weighted by atomic mass is 32.1. The maximum atomic E-state index is 12.6. The molecule has 1 fully saturated rings. The van der Waals surface area contributed by atoms with E-state index in [1.165, 1.54) is 4.88 Å². The fourth-order valence-corrected chi connectivity index (χ4v) is 3.53. The van der Waals surface area contributed by atoms with Crippen molar-refractivity contribution in [2.75, 3.05) is 31.1 Å². The van der Waals surface area contributed by atoms with Crippen molar-refractivity contribution in [3.8, 4) is 0 Å². The van der Waals surface area contributed by atoms with Gasteiger partial charge in [-0.15, -0.1) is 11.3 Å². The molecule has 7 nitrogen and oxygen atoms in total. The second-order valence-electron chi connectivity index (χ2n) is 6.10. The summed E-state index contributed by atoms with van der Waals surface area (Å²) < 4.78 is 31.7. The molecule has 0 radical (unpaired) electrons. The highest BCUT2D eigenvalue weighted by molar-refractivity contribution is 7.14. The maximum Gasteiger partial charge on any atom is 0.490 e. The van der Waals surface area contributed by atoms with E-state index in [0.717, 1.165) is 49.8 Å². The average Bonchev–Trinajstić information content (AvgIpc) is 3.04. The van der Waals surface area contributed by atoms with Crippen molar-refractivity contribution in [3.05, 3.63) is 40.3 Å². The van der Waals surface area contributed by atoms with E-state index in [4.69, 9.17) is 9.90 Å². The smallest absolute Gasteiger partial charge is 0.475 e. The third-order valence-electron chi connectivity index (χ3n) is 4.08. The molecule has 0 unspecified atom stereocenters. The molecule has 1 aliphatic rings. The minimum atomic E-state index is -5.08. The van der Waals surface area contributed by atoms with Gasteiger partial charge in [-0.1, -0.05) is 6.92 Å². The quantitative estimate of drug-likeness (QED) is 0.805. The van der Waals surface area contributed by atoms with E-state index in [2.05, 4.69) is 27.9 Å². The van der Waals surface area contributed by atoms with Crippen molar-refractivity contribution in [1.82, 2.24) is 14.9 Å². The van der Waals surface area contributed by atoms with E-state index in [9.17, 15) is 18.0 Å². The highest BCUT2D eigenvalue weighted by Gasteiger charge is 2.38. The molecule has 3 heterocycles. The zero-order chi connectivity index (χ0) is 21.4. The highest BCUT2D eigenvalue weighted by Crippen LogP contribution is 2.20. The zero-order valence-corrected chi connectivity index (χ0v) is 16.5. The molecular formula is C18H21F3N4O3S. The molecule has 1 N–H and O–H groups in total. The van der Waals surface area contributed by atoms with Gasteiger partial charge in [0.25, 0.3) is 5.91 Å². The lowest BCUT2D eigenvalue weighted by Gasteiger charge is -2.21. The number of carboxylic acid groups (broad SMARTS) is 1. The fourth-order valence-electron chi connectivity index (χ4n) is 2.61. The van der Waals surface area contributed by atoms with Gasteiger partial charge >= 0.3 is 12.1 Å². The molecule has 1 aliphatic heterocycles. The Morgan fingerprint density at radius 2 is 1.79 bits per heavy atom. The molecule has 0 saturated carbocycles. The number of nitrogens with zero attached hydrogens (tertiary/aromatic N) is 4. The second-order valence-corrected chi connectivity index (χ2v) is 7.27. The Labute approximate surface area is 169 Å². The third-order valence-corrected chi connectivity index (χ3v) is 5.30. The van der Waals surface area contributed by atoms with Crippen LogP contribution in [0.1, 0.15) is 27.9 Å². The van der Waals surface area contributed by atoms with Crippen LogP contribution in [0.2, 0.25) is 0 Å². The number of carboxylic acids is 1. The molecule has 0 aliphatic carbocycles. The average molecular weight is 430 g/mol. The van der Waals surface area contributed by atoms with Gasteiger partial charge in [-0.3, -0.25) is 4.79 Å². The van der Waals surface area contributed by atoms with Crippen LogP contribution in [-0.2, 0) is 11.2 Å². The van der Waals surface area contributed by atoms with Crippen LogP contribution in [0, 0.1) is 0 Å². The molecule has 1 amide bonds. The summed E-state index contributed by atoms with van der Waals surface area (Å²) in [5, 5.41) is 7.12. The fraction of sp³-hybridized carbons (Fsp3) is 0.444. The number of thiophene rings is 1. The Morgan fingerprint density at radius 3 is 2.34 bits per heavy atom. The molecule has 2 aromatic rings. The predicted octanol–water partition coefficient (Wildman–Crippen LogP) is 3.09. The van der Waals surface area contributed by atoms with E-state index in [1.54, 1.807) is 23.7 Å². The predicted molar refractivity (Wildman–Crippen MR) is 102 cm³/mol. The van der Waals surface area contributed by atoms with E-state index >= 15 is 0 Å². The summed E-state index contributed by atoms with van der Waals surface area (Å²) in [6.45, 7) is 5.29. The first-order valence-corrected chi connectivity index (χ1v) is 9.74. The Morgan fingerprint density at radius 1 is 1.14 bits per heavy atom. The number of hydrogen-bond donors (Lipinski definition) is 1. The van der Waals surface area contributed by atoms with Gasteiger partial charge in [0.2, 0.25) is 5.95 Å². The minimum Gasteiger partial charge on any atom is -0.475 e. The van der Waals surface area contributed by atoms with Crippen LogP contribution >= 0.6 is 11.3 Å². The van der Waals surface area contributed by atoms with Crippen molar-refractivity contribution < 1.29 is 27.9 Å². The molecule has 11 heteroatoms. The molecule has 0 aromatic carbocycles. The lowest BCUT2D eigenvalue weighted by molar-refractivity contribution is -0.192. The molecule has 0 bridgehead atoms. The normalized spacial score (nSPS) is 14.6. The SMILES string of the molecule is CCc1ccc(C(=O)N2CCCN(c3ncccn3)CC2)s1.O=C(O)C(F)(F)F. The van der Waals surface area contributed by atoms with Gasteiger partial charge in [-0.05, 0) is 31.0 Å². The summed E-state index contributed by atoms with van der Waals surface area (Å²) in [4.78, 5) is 36.3. The monoisotopic (exact) mass is 430 g/mol. The molecule has 29 heavy (non-hydrogen) atoms. The van der Waals surface area contributed by atoms with Crippen molar-refractivity contribution in [1.29, 1.82) is 0 Å². The number of carbonyl (C=O) groups is 2. The van der Waals surface area contributed by atoms with E-state index in [1.807, 2.05) is 17.0 Å². The second kappa shape index (κ2) is 10.2. The first-order valence-electron chi connectivity index (χ1n) is 8.92. The van der Waals surface area contributed by atoms with Crippen LogP contribution in [0.15, 0.2) is 30.6 Å². The van der Waals surface area contributed by atoms with Crippen LogP contribution < -0.4 is 4.90 Å². The maximum absolute atomic E-state index is 12.6. The van der Waals surface area contributed by atoms with Gasteiger partial charge in [0.15, 0.2) is 0 Å². The largest absolute Gasteiger partial charge is 0.490 e. The van der Waals surface area contributed by atoms with Gasteiger partial charge in [0, 0.05) is 43.4 Å². The number of anilines is 1. The topological polar surface area (TPSA) is 86.6 Å². The lowest BCUT2D eigenvalue weighted by Crippen LogP contribution is -2.35. The number of halogens is 3. The Hall–Kier alpha value is -2.69. The van der Waals surface area contributed by atoms with E-state index in [0.29, 0.717) is 0 Å². The summed E-state index contributed by atoms with van der Waals surface area (Å²) in [6.07, 6.45) is 0.356. The van der Waals surface area contributed by atoms with Crippen molar-refractivity contribution in [2.24, 2.45) is 0 Å². The van der Waals surface area contributed by atoms with Crippen LogP contribution in [0.3, 0.4) is 0 Å². The van der Waals surface area contributed by atoms with Crippen molar-refractivity contribution >= 4 is 29.2 Å². The molecular weight excluding hydrogens is 409 g/mol. The third kappa shape index (κ3) is 6.70. The molecule has 1 saturated heterocycles. The van der Waals surface area contributed by atoms with Crippen LogP contribution in [-0.4, -0.2) is 64.2 Å². The molecule has 0 spiro atoms. The zero-order valence-electron chi connectivity index (χ0n) is 15.7. The number of amides is 1. The van der Waals surface area contributed by atoms with Crippen molar-refractivity contribution in [2.45, 2.75) is 25.9 Å². The number of aliphatic carboxylic acids is 1. The summed E-state index contributed by atoms with van der Waals surface area (Å²) in [5.41, 5.74) is 0.